The molecule has 0 aliphatic rings. The molecule has 32 heavy (non-hydrogen) atoms. The van der Waals surface area contributed by atoms with Crippen molar-refractivity contribution in [2.75, 3.05) is 20.3 Å². The van der Waals surface area contributed by atoms with E-state index in [9.17, 15) is 31.1 Å². The summed E-state index contributed by atoms with van der Waals surface area (Å²) in [4.78, 5) is 18.6. The zero-order valence-corrected chi connectivity index (χ0v) is 16.7. The number of carbonyl (C=O) groups excluding carboxylic acids is 1. The van der Waals surface area contributed by atoms with Gasteiger partial charge in [0.1, 0.15) is 13.2 Å². The van der Waals surface area contributed by atoms with Crippen molar-refractivity contribution in [3.63, 3.8) is 0 Å². The normalized spacial score (nSPS) is 11.5. The topological polar surface area (TPSA) is 90.8 Å². The molecular formula is C19H20F6N2O5. The number of rotatable bonds is 8. The van der Waals surface area contributed by atoms with Gasteiger partial charge in [-0.1, -0.05) is 6.07 Å². The predicted octanol–water partition coefficient (Wildman–Crippen LogP) is 3.60. The third kappa shape index (κ3) is 12.2. The molecule has 2 heterocycles. The Kier molecular flexibility index (Phi) is 11.0. The van der Waals surface area contributed by atoms with Crippen LogP contribution in [0.4, 0.5) is 26.3 Å². The largest absolute Gasteiger partial charge is 0.465 e. The third-order valence-corrected chi connectivity index (χ3v) is 3.35. The molecule has 1 N–H and O–H groups in total. The van der Waals surface area contributed by atoms with Gasteiger partial charge in [-0.3, -0.25) is 9.97 Å². The van der Waals surface area contributed by atoms with E-state index in [1.807, 2.05) is 0 Å². The summed E-state index contributed by atoms with van der Waals surface area (Å²) in [5, 5.41) is 8.69. The molecule has 0 aliphatic heterocycles. The van der Waals surface area contributed by atoms with Crippen LogP contribution in [0.15, 0.2) is 36.7 Å². The highest BCUT2D eigenvalue weighted by atomic mass is 19.4. The van der Waals surface area contributed by atoms with Crippen LogP contribution in [-0.4, -0.2) is 53.7 Å². The zero-order chi connectivity index (χ0) is 24.2. The van der Waals surface area contributed by atoms with E-state index < -0.39 is 31.5 Å². The van der Waals surface area contributed by atoms with Crippen molar-refractivity contribution in [2.45, 2.75) is 32.2 Å². The molecule has 0 aliphatic carbocycles. The quantitative estimate of drug-likeness (QED) is 0.466. The Morgan fingerprint density at radius 1 is 0.875 bits per heavy atom. The van der Waals surface area contributed by atoms with Gasteiger partial charge >= 0.3 is 18.3 Å². The average molecular weight is 470 g/mol. The van der Waals surface area contributed by atoms with Gasteiger partial charge in [0.05, 0.1) is 43.9 Å². The number of aromatic nitrogens is 2. The van der Waals surface area contributed by atoms with Crippen LogP contribution >= 0.6 is 0 Å². The minimum atomic E-state index is -4.36. The number of aliphatic hydroxyl groups excluding tert-OH is 1. The second kappa shape index (κ2) is 12.9. The van der Waals surface area contributed by atoms with Crippen LogP contribution in [0.2, 0.25) is 0 Å². The van der Waals surface area contributed by atoms with Crippen molar-refractivity contribution in [3.8, 4) is 0 Å². The van der Waals surface area contributed by atoms with Crippen LogP contribution < -0.4 is 0 Å². The molecule has 0 saturated carbocycles. The van der Waals surface area contributed by atoms with Crippen molar-refractivity contribution in [2.24, 2.45) is 0 Å². The first kappa shape index (κ1) is 27.3. The summed E-state index contributed by atoms with van der Waals surface area (Å²) in [7, 11) is 1.22. The minimum Gasteiger partial charge on any atom is -0.465 e. The van der Waals surface area contributed by atoms with Gasteiger partial charge in [-0.25, -0.2) is 4.79 Å². The number of ether oxygens (including phenoxy) is 3. The lowest BCUT2D eigenvalue weighted by Gasteiger charge is -2.07. The summed E-state index contributed by atoms with van der Waals surface area (Å²) >= 11 is 0. The molecule has 0 fully saturated rings. The maximum atomic E-state index is 11.8. The Labute approximate surface area is 179 Å². The van der Waals surface area contributed by atoms with Gasteiger partial charge in [-0.2, -0.15) is 26.3 Å². The van der Waals surface area contributed by atoms with E-state index in [-0.39, 0.29) is 25.4 Å². The molecule has 0 bridgehead atoms. The van der Waals surface area contributed by atoms with E-state index in [2.05, 4.69) is 24.2 Å². The van der Waals surface area contributed by atoms with Crippen molar-refractivity contribution in [1.29, 1.82) is 0 Å². The van der Waals surface area contributed by atoms with E-state index in [1.54, 1.807) is 6.07 Å². The van der Waals surface area contributed by atoms with Crippen molar-refractivity contribution in [3.05, 3.63) is 59.2 Å². The number of methoxy groups -OCH3 is 1. The molecule has 0 aromatic carbocycles. The molecular weight excluding hydrogens is 450 g/mol. The maximum Gasteiger partial charge on any atom is 0.411 e. The summed E-state index contributed by atoms with van der Waals surface area (Å²) in [5.74, 6) is -0.555. The molecule has 0 radical (unpaired) electrons. The first-order valence-electron chi connectivity index (χ1n) is 8.80. The fraction of sp³-hybridized carbons (Fsp3) is 0.421. The second-order valence-electron chi connectivity index (χ2n) is 6.06. The molecule has 13 heteroatoms. The number of alkyl halides is 6. The number of halogens is 6. The van der Waals surface area contributed by atoms with E-state index >= 15 is 0 Å². The van der Waals surface area contributed by atoms with E-state index in [0.29, 0.717) is 17.0 Å². The van der Waals surface area contributed by atoms with Crippen LogP contribution in [0.5, 0.6) is 0 Å². The van der Waals surface area contributed by atoms with Gasteiger partial charge in [-0.15, -0.1) is 0 Å². The van der Waals surface area contributed by atoms with Crippen LogP contribution in [0.1, 0.15) is 27.3 Å². The molecule has 0 unspecified atom stereocenters. The Morgan fingerprint density at radius 3 is 1.72 bits per heavy atom. The van der Waals surface area contributed by atoms with E-state index in [1.165, 1.54) is 37.7 Å². The van der Waals surface area contributed by atoms with Gasteiger partial charge in [0, 0.05) is 12.4 Å². The van der Waals surface area contributed by atoms with Crippen molar-refractivity contribution < 1.29 is 50.5 Å². The molecule has 0 amide bonds. The van der Waals surface area contributed by atoms with Gasteiger partial charge in [-0.05, 0) is 23.8 Å². The Morgan fingerprint density at radius 2 is 1.38 bits per heavy atom. The lowest BCUT2D eigenvalue weighted by atomic mass is 10.2. The Bertz CT molecular complexity index is 811. The lowest BCUT2D eigenvalue weighted by molar-refractivity contribution is -0.177. The smallest absolute Gasteiger partial charge is 0.411 e. The van der Waals surface area contributed by atoms with Crippen molar-refractivity contribution in [1.82, 2.24) is 9.97 Å². The molecule has 0 saturated heterocycles. The van der Waals surface area contributed by atoms with Crippen LogP contribution in [0.25, 0.3) is 0 Å². The summed E-state index contributed by atoms with van der Waals surface area (Å²) in [6, 6.07) is 5.91. The van der Waals surface area contributed by atoms with E-state index in [0.717, 1.165) is 0 Å². The third-order valence-electron chi connectivity index (χ3n) is 3.35. The highest BCUT2D eigenvalue weighted by Gasteiger charge is 2.28. The molecule has 7 nitrogen and oxygen atoms in total. The minimum absolute atomic E-state index is 0.142. The zero-order valence-electron chi connectivity index (χ0n) is 16.7. The fourth-order valence-corrected chi connectivity index (χ4v) is 1.93. The number of carbonyl (C=O) groups is 1. The van der Waals surface area contributed by atoms with Gasteiger partial charge in [0.25, 0.3) is 0 Å². The first-order valence-corrected chi connectivity index (χ1v) is 8.80. The first-order chi connectivity index (χ1) is 14.9. The molecule has 0 atom stereocenters. The SMILES string of the molecule is COC(=O)c1ccc(COCC(F)(F)F)nc1.OCc1ccc(COCC(F)(F)F)nc1. The highest BCUT2D eigenvalue weighted by Crippen LogP contribution is 2.16. The fourth-order valence-electron chi connectivity index (χ4n) is 1.93. The van der Waals surface area contributed by atoms with Crippen molar-refractivity contribution >= 4 is 5.97 Å². The Balaban J connectivity index is 0.000000323. The molecule has 178 valence electrons. The summed E-state index contributed by atoms with van der Waals surface area (Å²) in [6.45, 7) is -3.20. The number of hydrogen-bond donors (Lipinski definition) is 1. The summed E-state index contributed by atoms with van der Waals surface area (Å²) in [5.41, 5.74) is 1.54. The molecule has 2 aromatic rings. The Hall–Kier alpha value is -2.77. The monoisotopic (exact) mass is 470 g/mol. The average Bonchev–Trinajstić information content (AvgIpc) is 2.73. The molecule has 0 spiro atoms. The van der Waals surface area contributed by atoms with Gasteiger partial charge in [0.2, 0.25) is 0 Å². The van der Waals surface area contributed by atoms with Gasteiger partial charge < -0.3 is 19.3 Å². The number of pyridine rings is 2. The molecule has 2 rings (SSSR count). The van der Waals surface area contributed by atoms with Crippen LogP contribution in [-0.2, 0) is 34.0 Å². The predicted molar refractivity (Wildman–Crippen MR) is 97.2 cm³/mol. The van der Waals surface area contributed by atoms with Crippen LogP contribution in [0.3, 0.4) is 0 Å². The number of nitrogens with zero attached hydrogens (tertiary/aromatic N) is 2. The summed E-state index contributed by atoms with van der Waals surface area (Å²) < 4.78 is 83.7. The molecule has 2 aromatic heterocycles. The second-order valence-corrected chi connectivity index (χ2v) is 6.06. The standard InChI is InChI=1S/C10H10F3NO3.C9H10F3NO2/c1-16-9(15)7-2-3-8(14-4-7)5-17-6-10(11,12)13;10-9(11,12)6-15-5-8-2-1-7(4-14)3-13-8/h2-4H,5-6H2,1H3;1-3,14H,4-6H2. The van der Waals surface area contributed by atoms with E-state index in [4.69, 9.17) is 5.11 Å². The highest BCUT2D eigenvalue weighted by molar-refractivity contribution is 5.88. The van der Waals surface area contributed by atoms with Crippen LogP contribution in [0, 0.1) is 0 Å². The number of aliphatic hydroxyl groups is 1. The summed E-state index contributed by atoms with van der Waals surface area (Å²) in [6.07, 6.45) is -6.05. The van der Waals surface area contributed by atoms with Gasteiger partial charge in [0.15, 0.2) is 0 Å². The maximum absolute atomic E-state index is 11.8. The lowest BCUT2D eigenvalue weighted by Crippen LogP contribution is -2.17. The number of hydrogen-bond acceptors (Lipinski definition) is 7. The number of esters is 1.